The standard InChI is InChI=1S/C23H32Si/c1-7-21(18-23(2,3)4)24(5,6)22(19-14-10-8-11-15-19)20-16-12-9-13-17-20/h7-17,21-22H,1,18H2,2-6H3. The van der Waals surface area contributed by atoms with Crippen LogP contribution in [0.2, 0.25) is 18.6 Å². The zero-order chi connectivity index (χ0) is 17.8. The highest BCUT2D eigenvalue weighted by Crippen LogP contribution is 2.45. The molecule has 0 aromatic heterocycles. The predicted octanol–water partition coefficient (Wildman–Crippen LogP) is 7.06. The van der Waals surface area contributed by atoms with Crippen LogP contribution in [0, 0.1) is 5.41 Å². The van der Waals surface area contributed by atoms with Crippen LogP contribution in [0.25, 0.3) is 0 Å². The van der Waals surface area contributed by atoms with Gasteiger partial charge in [-0.1, -0.05) is 101 Å². The minimum absolute atomic E-state index is 0.320. The Kier molecular flexibility index (Phi) is 5.87. The fourth-order valence-electron chi connectivity index (χ4n) is 3.87. The first-order valence-corrected chi connectivity index (χ1v) is 12.1. The summed E-state index contributed by atoms with van der Waals surface area (Å²) in [4.78, 5) is 0. The Morgan fingerprint density at radius 1 is 0.875 bits per heavy atom. The molecule has 0 nitrogen and oxygen atoms in total. The van der Waals surface area contributed by atoms with Crippen LogP contribution in [-0.4, -0.2) is 8.07 Å². The molecule has 2 aromatic rings. The Labute approximate surface area is 149 Å². The highest BCUT2D eigenvalue weighted by atomic mass is 28.3. The first kappa shape index (κ1) is 18.7. The summed E-state index contributed by atoms with van der Waals surface area (Å²) in [5, 5.41) is 0. The fourth-order valence-corrected chi connectivity index (χ4v) is 8.14. The molecule has 0 heterocycles. The molecule has 24 heavy (non-hydrogen) atoms. The predicted molar refractivity (Wildman–Crippen MR) is 110 cm³/mol. The van der Waals surface area contributed by atoms with Crippen LogP contribution in [0.15, 0.2) is 73.3 Å². The van der Waals surface area contributed by atoms with Crippen molar-refractivity contribution in [2.24, 2.45) is 5.41 Å². The van der Waals surface area contributed by atoms with Crippen molar-refractivity contribution in [2.75, 3.05) is 0 Å². The van der Waals surface area contributed by atoms with Crippen LogP contribution in [0.4, 0.5) is 0 Å². The summed E-state index contributed by atoms with van der Waals surface area (Å²) in [6.07, 6.45) is 3.43. The Hall–Kier alpha value is -1.60. The molecule has 2 rings (SSSR count). The van der Waals surface area contributed by atoms with Crippen molar-refractivity contribution in [1.29, 1.82) is 0 Å². The van der Waals surface area contributed by atoms with Crippen LogP contribution in [0.1, 0.15) is 43.9 Å². The molecule has 2 aromatic carbocycles. The number of hydrogen-bond donors (Lipinski definition) is 0. The van der Waals surface area contributed by atoms with Gasteiger partial charge in [0.15, 0.2) is 0 Å². The van der Waals surface area contributed by atoms with E-state index in [9.17, 15) is 0 Å². The molecule has 1 heteroatoms. The van der Waals surface area contributed by atoms with Crippen molar-refractivity contribution in [2.45, 2.75) is 51.4 Å². The molecule has 0 aliphatic carbocycles. The van der Waals surface area contributed by atoms with Crippen LogP contribution in [0.5, 0.6) is 0 Å². The number of hydrogen-bond acceptors (Lipinski definition) is 0. The molecule has 1 atom stereocenters. The molecule has 0 spiro atoms. The van der Waals surface area contributed by atoms with Crippen molar-refractivity contribution in [3.05, 3.63) is 84.4 Å². The van der Waals surface area contributed by atoms with Gasteiger partial charge < -0.3 is 0 Å². The molecule has 1 unspecified atom stereocenters. The van der Waals surface area contributed by atoms with Gasteiger partial charge in [0.25, 0.3) is 0 Å². The lowest BCUT2D eigenvalue weighted by atomic mass is 9.90. The van der Waals surface area contributed by atoms with Gasteiger partial charge in [0.2, 0.25) is 0 Å². The average Bonchev–Trinajstić information content (AvgIpc) is 2.53. The van der Waals surface area contributed by atoms with E-state index in [0.717, 1.165) is 0 Å². The summed E-state index contributed by atoms with van der Waals surface area (Å²) < 4.78 is 0. The van der Waals surface area contributed by atoms with Gasteiger partial charge in [0.05, 0.1) is 8.07 Å². The van der Waals surface area contributed by atoms with Gasteiger partial charge in [-0.2, -0.15) is 0 Å². The second-order valence-corrected chi connectivity index (χ2v) is 13.6. The summed E-state index contributed by atoms with van der Waals surface area (Å²) in [5.74, 6) is 0. The summed E-state index contributed by atoms with van der Waals surface area (Å²) >= 11 is 0. The highest BCUT2D eigenvalue weighted by molar-refractivity contribution is 6.81. The molecular weight excluding hydrogens is 304 g/mol. The Morgan fingerprint density at radius 3 is 1.62 bits per heavy atom. The SMILES string of the molecule is C=CC(CC(C)(C)C)[Si](C)(C)C(c1ccccc1)c1ccccc1. The van der Waals surface area contributed by atoms with Gasteiger partial charge in [0, 0.05) is 5.54 Å². The third-order valence-electron chi connectivity index (χ3n) is 5.08. The third-order valence-corrected chi connectivity index (χ3v) is 9.59. The van der Waals surface area contributed by atoms with Crippen molar-refractivity contribution in [3.63, 3.8) is 0 Å². The minimum atomic E-state index is -1.67. The maximum atomic E-state index is 4.22. The van der Waals surface area contributed by atoms with Gasteiger partial charge >= 0.3 is 0 Å². The maximum absolute atomic E-state index is 4.22. The smallest absolute Gasteiger partial charge is 0.0671 e. The number of allylic oxidation sites excluding steroid dienone is 1. The van der Waals surface area contributed by atoms with Crippen LogP contribution >= 0.6 is 0 Å². The average molecular weight is 337 g/mol. The highest BCUT2D eigenvalue weighted by Gasteiger charge is 2.40. The van der Waals surface area contributed by atoms with E-state index in [-0.39, 0.29) is 0 Å². The molecule has 0 aliphatic rings. The third kappa shape index (κ3) is 4.48. The Balaban J connectivity index is 2.51. The second kappa shape index (κ2) is 7.52. The van der Waals surface area contributed by atoms with Gasteiger partial charge in [-0.25, -0.2) is 0 Å². The first-order valence-electron chi connectivity index (χ1n) is 8.98. The quantitative estimate of drug-likeness (QED) is 0.391. The largest absolute Gasteiger partial charge is 0.103 e. The zero-order valence-electron chi connectivity index (χ0n) is 15.9. The molecule has 0 aliphatic heterocycles. The van der Waals surface area contributed by atoms with Crippen LogP contribution in [0.3, 0.4) is 0 Å². The molecule has 0 N–H and O–H groups in total. The van der Waals surface area contributed by atoms with Gasteiger partial charge in [-0.05, 0) is 28.5 Å². The van der Waals surface area contributed by atoms with E-state index in [1.807, 2.05) is 0 Å². The van der Waals surface area contributed by atoms with E-state index in [1.165, 1.54) is 17.5 Å². The molecule has 0 fully saturated rings. The number of rotatable bonds is 6. The van der Waals surface area contributed by atoms with Crippen molar-refractivity contribution in [1.82, 2.24) is 0 Å². The topological polar surface area (TPSA) is 0 Å². The summed E-state index contributed by atoms with van der Waals surface area (Å²) in [6, 6.07) is 22.1. The summed E-state index contributed by atoms with van der Waals surface area (Å²) in [7, 11) is -1.67. The zero-order valence-corrected chi connectivity index (χ0v) is 16.9. The van der Waals surface area contributed by atoms with E-state index in [2.05, 4.69) is 107 Å². The summed E-state index contributed by atoms with van der Waals surface area (Å²) in [5.41, 5.74) is 4.29. The fraction of sp³-hybridized carbons (Fsp3) is 0.391. The lowest BCUT2D eigenvalue weighted by Gasteiger charge is -2.41. The minimum Gasteiger partial charge on any atom is -0.103 e. The van der Waals surface area contributed by atoms with Crippen molar-refractivity contribution in [3.8, 4) is 0 Å². The van der Waals surface area contributed by atoms with E-state index < -0.39 is 8.07 Å². The van der Waals surface area contributed by atoms with Gasteiger partial charge in [0.1, 0.15) is 0 Å². The maximum Gasteiger partial charge on any atom is 0.0671 e. The van der Waals surface area contributed by atoms with Crippen molar-refractivity contribution >= 4 is 8.07 Å². The molecule has 0 saturated carbocycles. The number of benzene rings is 2. The monoisotopic (exact) mass is 336 g/mol. The molecule has 0 amide bonds. The normalized spacial score (nSPS) is 13.8. The summed E-state index contributed by atoms with van der Waals surface area (Å²) in [6.45, 7) is 16.3. The van der Waals surface area contributed by atoms with Gasteiger partial charge in [-0.3, -0.25) is 0 Å². The second-order valence-electron chi connectivity index (χ2n) is 8.68. The van der Waals surface area contributed by atoms with E-state index in [4.69, 9.17) is 0 Å². The van der Waals surface area contributed by atoms with Crippen LogP contribution < -0.4 is 0 Å². The van der Waals surface area contributed by atoms with E-state index in [0.29, 0.717) is 16.5 Å². The van der Waals surface area contributed by atoms with E-state index in [1.54, 1.807) is 0 Å². The van der Waals surface area contributed by atoms with Gasteiger partial charge in [-0.15, -0.1) is 6.58 Å². The molecule has 128 valence electrons. The molecule has 0 saturated heterocycles. The lowest BCUT2D eigenvalue weighted by Crippen LogP contribution is -2.41. The lowest BCUT2D eigenvalue weighted by molar-refractivity contribution is 0.377. The Bertz CT molecular complexity index is 595. The van der Waals surface area contributed by atoms with E-state index >= 15 is 0 Å². The first-order chi connectivity index (χ1) is 11.3. The van der Waals surface area contributed by atoms with Crippen molar-refractivity contribution < 1.29 is 0 Å². The van der Waals surface area contributed by atoms with Crippen LogP contribution in [-0.2, 0) is 0 Å². The molecule has 0 radical (unpaired) electrons. The Morgan fingerprint density at radius 2 is 1.29 bits per heavy atom. The molecular formula is C23H32Si. The molecule has 0 bridgehead atoms.